The number of fused-ring (bicyclic) bond motifs is 14. The minimum absolute atomic E-state index is 0.0423. The van der Waals surface area contributed by atoms with Gasteiger partial charge < -0.3 is 9.71 Å². The van der Waals surface area contributed by atoms with Gasteiger partial charge in [0.2, 0.25) is 0 Å². The largest absolute Gasteiger partial charge is 0.376 e. The van der Waals surface area contributed by atoms with E-state index in [1.165, 1.54) is 146 Å². The molecule has 64 heavy (non-hydrogen) atoms. The Hall–Kier alpha value is -5.32. The number of hydrogen-bond acceptors (Lipinski definition) is 3. The molecule has 318 valence electrons. The highest BCUT2D eigenvalue weighted by Gasteiger charge is 2.52. The summed E-state index contributed by atoms with van der Waals surface area (Å²) in [5, 5.41) is 5.43. The number of thiophene rings is 1. The molecule has 7 aromatic carbocycles. The SMILES string of the molecule is Cc1cc2c(cc1N1c3cc4ccccc4c4c3B(c3c1ccc1c3sc3cc5c(cc31)C(C)(C)CCC5(C)C)N1c3ccccc3C(C)(C)c3cccc-4c31)C(C)(C)CCC2(C)C. The Balaban J connectivity index is 1.21. The van der Waals surface area contributed by atoms with Crippen molar-refractivity contribution in [3.05, 3.63) is 148 Å². The topological polar surface area (TPSA) is 6.48 Å². The number of rotatable bonds is 1. The van der Waals surface area contributed by atoms with Gasteiger partial charge in [-0.1, -0.05) is 142 Å². The molecule has 0 radical (unpaired) electrons. The summed E-state index contributed by atoms with van der Waals surface area (Å²) in [6.45, 7) is 27.0. The van der Waals surface area contributed by atoms with E-state index in [2.05, 4.69) is 195 Å². The van der Waals surface area contributed by atoms with Gasteiger partial charge in [-0.25, -0.2) is 0 Å². The zero-order valence-corrected chi connectivity index (χ0v) is 40.4. The molecule has 0 amide bonds. The Kier molecular flexibility index (Phi) is 7.52. The molecule has 0 bridgehead atoms. The molecule has 8 aromatic rings. The number of hydrogen-bond donors (Lipinski definition) is 0. The van der Waals surface area contributed by atoms with Crippen LogP contribution in [0.4, 0.5) is 28.4 Å². The zero-order chi connectivity index (χ0) is 44.2. The van der Waals surface area contributed by atoms with E-state index in [1.54, 1.807) is 0 Å². The van der Waals surface area contributed by atoms with E-state index in [1.807, 2.05) is 11.3 Å². The Bertz CT molecular complexity index is 3410. The van der Waals surface area contributed by atoms with Crippen LogP contribution in [-0.4, -0.2) is 6.85 Å². The van der Waals surface area contributed by atoms with Gasteiger partial charge in [-0.2, -0.15) is 0 Å². The van der Waals surface area contributed by atoms with Gasteiger partial charge in [-0.15, -0.1) is 11.3 Å². The van der Waals surface area contributed by atoms with Crippen LogP contribution in [0.2, 0.25) is 0 Å². The van der Waals surface area contributed by atoms with Crippen molar-refractivity contribution >= 4 is 88.5 Å². The van der Waals surface area contributed by atoms with Gasteiger partial charge in [-0.3, -0.25) is 0 Å². The van der Waals surface area contributed by atoms with Gasteiger partial charge in [0.15, 0.2) is 0 Å². The van der Waals surface area contributed by atoms with Crippen molar-refractivity contribution in [2.24, 2.45) is 0 Å². The molecule has 5 aliphatic rings. The number of anilines is 5. The lowest BCUT2D eigenvalue weighted by Crippen LogP contribution is -2.63. The summed E-state index contributed by atoms with van der Waals surface area (Å²) in [5.41, 5.74) is 22.8. The van der Waals surface area contributed by atoms with Crippen LogP contribution in [0.25, 0.3) is 42.1 Å². The van der Waals surface area contributed by atoms with Gasteiger partial charge in [0, 0.05) is 59.6 Å². The van der Waals surface area contributed by atoms with E-state index in [0.717, 1.165) is 0 Å². The van der Waals surface area contributed by atoms with Crippen molar-refractivity contribution in [3.8, 4) is 11.1 Å². The Morgan fingerprint density at radius 1 is 0.484 bits per heavy atom. The van der Waals surface area contributed by atoms with Gasteiger partial charge in [0.1, 0.15) is 0 Å². The minimum Gasteiger partial charge on any atom is -0.376 e. The van der Waals surface area contributed by atoms with Crippen LogP contribution in [0, 0.1) is 6.92 Å². The molecule has 4 heterocycles. The lowest BCUT2D eigenvalue weighted by molar-refractivity contribution is 0.332. The molecule has 0 unspecified atom stereocenters. The first-order valence-corrected chi connectivity index (χ1v) is 24.8. The maximum atomic E-state index is 2.80. The quantitative estimate of drug-likeness (QED) is 0.152. The highest BCUT2D eigenvalue weighted by Crippen LogP contribution is 2.59. The molecule has 0 saturated heterocycles. The summed E-state index contributed by atoms with van der Waals surface area (Å²) < 4.78 is 2.83. The van der Waals surface area contributed by atoms with E-state index in [4.69, 9.17) is 0 Å². The lowest BCUT2D eigenvalue weighted by Gasteiger charge is -2.51. The third-order valence-electron chi connectivity index (χ3n) is 17.4. The first kappa shape index (κ1) is 39.1. The fourth-order valence-corrected chi connectivity index (χ4v) is 14.8. The molecule has 2 aliphatic carbocycles. The van der Waals surface area contributed by atoms with Gasteiger partial charge in [0.05, 0.1) is 0 Å². The van der Waals surface area contributed by atoms with Crippen molar-refractivity contribution in [3.63, 3.8) is 0 Å². The molecule has 0 fully saturated rings. The molecular formula is C60H59BN2S. The lowest BCUT2D eigenvalue weighted by atomic mass is 9.42. The van der Waals surface area contributed by atoms with E-state index < -0.39 is 0 Å². The predicted octanol–water partition coefficient (Wildman–Crippen LogP) is 15.6. The van der Waals surface area contributed by atoms with E-state index in [9.17, 15) is 0 Å². The molecule has 13 rings (SSSR count). The van der Waals surface area contributed by atoms with Crippen molar-refractivity contribution in [1.82, 2.24) is 0 Å². The van der Waals surface area contributed by atoms with Crippen LogP contribution >= 0.6 is 11.3 Å². The Morgan fingerprint density at radius 2 is 1.11 bits per heavy atom. The van der Waals surface area contributed by atoms with Crippen LogP contribution in [0.3, 0.4) is 0 Å². The van der Waals surface area contributed by atoms with Crippen molar-refractivity contribution < 1.29 is 0 Å². The number of aryl methyl sites for hydroxylation is 1. The third kappa shape index (κ3) is 4.89. The number of para-hydroxylation sites is 2. The number of benzene rings is 7. The van der Waals surface area contributed by atoms with Gasteiger partial charge in [-0.05, 0) is 157 Å². The van der Waals surface area contributed by atoms with Crippen LogP contribution in [-0.2, 0) is 27.1 Å². The zero-order valence-electron chi connectivity index (χ0n) is 39.6. The van der Waals surface area contributed by atoms with E-state index in [-0.39, 0.29) is 33.9 Å². The summed E-state index contributed by atoms with van der Waals surface area (Å²) in [5.74, 6) is 0. The summed E-state index contributed by atoms with van der Waals surface area (Å²) in [6, 6.07) is 43.7. The molecule has 0 saturated carbocycles. The molecule has 0 N–H and O–H groups in total. The molecule has 1 aromatic heterocycles. The van der Waals surface area contributed by atoms with Crippen LogP contribution in [0.5, 0.6) is 0 Å². The highest BCUT2D eigenvalue weighted by molar-refractivity contribution is 7.27. The maximum Gasteiger partial charge on any atom is 0.334 e. The minimum atomic E-state index is -0.171. The van der Waals surface area contributed by atoms with Crippen molar-refractivity contribution in [2.75, 3.05) is 9.71 Å². The second-order valence-corrected chi connectivity index (χ2v) is 24.5. The smallest absolute Gasteiger partial charge is 0.334 e. The summed E-state index contributed by atoms with van der Waals surface area (Å²) >= 11 is 2.04. The second-order valence-electron chi connectivity index (χ2n) is 23.4. The first-order valence-electron chi connectivity index (χ1n) is 24.0. The van der Waals surface area contributed by atoms with Gasteiger partial charge >= 0.3 is 6.85 Å². The monoisotopic (exact) mass is 850 g/mol. The fraction of sp³-hybridized carbons (Fsp3) is 0.333. The molecule has 3 aliphatic heterocycles. The van der Waals surface area contributed by atoms with E-state index in [0.29, 0.717) is 0 Å². The maximum absolute atomic E-state index is 2.80. The first-order chi connectivity index (χ1) is 30.4. The fourth-order valence-electron chi connectivity index (χ4n) is 13.5. The standard InChI is InChI=1S/C60H59BN2S/c1-34-29-42-44(58(6,7)27-25-56(42,2)3)32-48(34)62-47-24-23-37-39-31-43-45(59(8,9)28-26-57(43,4)5)33-50(39)64-55(37)53(47)61-52-49(62)30-35-17-12-13-18-36(35)51(52)38-19-16-21-41-54(38)63(61)46-22-15-14-20-40(46)60(41,10)11/h12-24,29-33H,25-28H2,1-11H3. The molecule has 4 heteroatoms. The third-order valence-corrected chi connectivity index (χ3v) is 18.7. The average Bonchev–Trinajstić information content (AvgIpc) is 3.64. The molecule has 0 spiro atoms. The second kappa shape index (κ2) is 12.3. The average molecular weight is 851 g/mol. The Morgan fingerprint density at radius 3 is 1.84 bits per heavy atom. The van der Waals surface area contributed by atoms with E-state index >= 15 is 0 Å². The number of nitrogens with zero attached hydrogens (tertiary/aromatic N) is 2. The Labute approximate surface area is 384 Å². The van der Waals surface area contributed by atoms with Crippen LogP contribution < -0.4 is 20.6 Å². The van der Waals surface area contributed by atoms with Crippen LogP contribution in [0.1, 0.15) is 134 Å². The predicted molar refractivity (Wildman–Crippen MR) is 278 cm³/mol. The molecule has 2 nitrogen and oxygen atoms in total. The molecular weight excluding hydrogens is 792 g/mol. The van der Waals surface area contributed by atoms with Crippen LogP contribution in [0.15, 0.2) is 109 Å². The summed E-state index contributed by atoms with van der Waals surface area (Å²) in [6.07, 6.45) is 4.81. The van der Waals surface area contributed by atoms with Gasteiger partial charge in [0.25, 0.3) is 0 Å². The molecule has 0 atom stereocenters. The van der Waals surface area contributed by atoms with Crippen molar-refractivity contribution in [1.29, 1.82) is 0 Å². The summed E-state index contributed by atoms with van der Waals surface area (Å²) in [7, 11) is 0. The normalized spacial score (nSPS) is 19.8. The highest BCUT2D eigenvalue weighted by atomic mass is 32.1. The summed E-state index contributed by atoms with van der Waals surface area (Å²) in [4.78, 5) is 5.52. The van der Waals surface area contributed by atoms with Crippen molar-refractivity contribution in [2.45, 2.75) is 129 Å².